The van der Waals surface area contributed by atoms with Gasteiger partial charge in [-0.3, -0.25) is 10.1 Å². The minimum atomic E-state index is -4.99. The maximum Gasteiger partial charge on any atom is 0.426 e. The lowest BCUT2D eigenvalue weighted by molar-refractivity contribution is -0.237. The summed E-state index contributed by atoms with van der Waals surface area (Å²) >= 11 is 6.00. The van der Waals surface area contributed by atoms with Gasteiger partial charge in [-0.2, -0.15) is 22.8 Å². The molecule has 4 rings (SSSR count). The predicted octanol–water partition coefficient (Wildman–Crippen LogP) is 1.40. The molecule has 1 unspecified atom stereocenters. The Labute approximate surface area is 153 Å². The highest BCUT2D eigenvalue weighted by Crippen LogP contribution is 2.44. The number of hydrogen-bond donors (Lipinski definition) is 2. The second kappa shape index (κ2) is 5.68. The third-order valence-electron chi connectivity index (χ3n) is 4.53. The monoisotopic (exact) mass is 406 g/mol. The number of hydrogen-bond acceptors (Lipinski definition) is 5. The van der Waals surface area contributed by atoms with E-state index in [9.17, 15) is 27.2 Å². The standard InChI is InChI=1S/C14H11ClF4N6O2/c15-9-3-20-10-8(24-4-13(16,5-24)14(17,18)19)1-7(23-25(9)10)6-2-21-12(27)22-11(6)26/h1,3,6H,2,4-5H2,(H2,21,22,26,27). The van der Waals surface area contributed by atoms with E-state index in [1.165, 1.54) is 12.3 Å². The highest BCUT2D eigenvalue weighted by atomic mass is 35.5. The molecule has 27 heavy (non-hydrogen) atoms. The first-order valence-electron chi connectivity index (χ1n) is 7.72. The molecule has 2 N–H and O–H groups in total. The van der Waals surface area contributed by atoms with Crippen molar-refractivity contribution in [2.75, 3.05) is 24.5 Å². The van der Waals surface area contributed by atoms with Gasteiger partial charge in [-0.1, -0.05) is 11.6 Å². The Hall–Kier alpha value is -2.63. The fraction of sp³-hybridized carbons (Fsp3) is 0.429. The zero-order valence-corrected chi connectivity index (χ0v) is 14.1. The van der Waals surface area contributed by atoms with Gasteiger partial charge in [-0.25, -0.2) is 14.2 Å². The first kappa shape index (κ1) is 17.8. The van der Waals surface area contributed by atoms with Crippen LogP contribution in [-0.4, -0.2) is 58.0 Å². The predicted molar refractivity (Wildman–Crippen MR) is 84.4 cm³/mol. The van der Waals surface area contributed by atoms with Crippen LogP contribution < -0.4 is 15.5 Å². The fourth-order valence-electron chi connectivity index (χ4n) is 3.02. The third-order valence-corrected chi connectivity index (χ3v) is 4.79. The van der Waals surface area contributed by atoms with E-state index < -0.39 is 42.8 Å². The van der Waals surface area contributed by atoms with Crippen molar-refractivity contribution in [1.29, 1.82) is 0 Å². The smallest absolute Gasteiger partial charge is 0.361 e. The quantitative estimate of drug-likeness (QED) is 0.736. The molecular weight excluding hydrogens is 396 g/mol. The van der Waals surface area contributed by atoms with E-state index in [4.69, 9.17) is 11.6 Å². The van der Waals surface area contributed by atoms with Crippen LogP contribution in [-0.2, 0) is 4.79 Å². The van der Waals surface area contributed by atoms with Crippen LogP contribution in [0.15, 0.2) is 12.3 Å². The Morgan fingerprint density at radius 3 is 2.63 bits per heavy atom. The van der Waals surface area contributed by atoms with Gasteiger partial charge in [0, 0.05) is 6.54 Å². The number of halogens is 5. The van der Waals surface area contributed by atoms with Crippen molar-refractivity contribution in [3.8, 4) is 0 Å². The summed E-state index contributed by atoms with van der Waals surface area (Å²) in [5.74, 6) is -1.50. The number of imide groups is 1. The lowest BCUT2D eigenvalue weighted by atomic mass is 9.94. The van der Waals surface area contributed by atoms with Crippen molar-refractivity contribution < 1.29 is 27.2 Å². The average Bonchev–Trinajstić information content (AvgIpc) is 2.91. The molecule has 2 aliphatic heterocycles. The van der Waals surface area contributed by atoms with Gasteiger partial charge < -0.3 is 10.2 Å². The van der Waals surface area contributed by atoms with E-state index in [0.29, 0.717) is 0 Å². The number of carbonyl (C=O) groups is 2. The minimum Gasteiger partial charge on any atom is -0.361 e. The molecule has 8 nitrogen and oxygen atoms in total. The molecule has 0 bridgehead atoms. The normalized spacial score (nSPS) is 22.4. The van der Waals surface area contributed by atoms with Gasteiger partial charge in [0.25, 0.3) is 0 Å². The van der Waals surface area contributed by atoms with Crippen LogP contribution in [0.5, 0.6) is 0 Å². The highest BCUT2D eigenvalue weighted by Gasteiger charge is 2.63. The Morgan fingerprint density at radius 2 is 2.00 bits per heavy atom. The van der Waals surface area contributed by atoms with Crippen molar-refractivity contribution in [2.45, 2.75) is 17.8 Å². The molecular formula is C14H11ClF4N6O2. The summed E-state index contributed by atoms with van der Waals surface area (Å²) in [4.78, 5) is 28.4. The lowest BCUT2D eigenvalue weighted by Gasteiger charge is -2.46. The van der Waals surface area contributed by atoms with Crippen molar-refractivity contribution >= 4 is 34.9 Å². The Morgan fingerprint density at radius 1 is 1.30 bits per heavy atom. The maximum atomic E-state index is 14.0. The summed E-state index contributed by atoms with van der Waals surface area (Å²) in [7, 11) is 0. The SMILES string of the molecule is O=C1NCC(c2cc(N3CC(F)(C(F)(F)F)C3)c3ncc(Cl)n3n2)C(=O)N1. The number of nitrogens with one attached hydrogen (secondary N) is 2. The van der Waals surface area contributed by atoms with E-state index in [0.717, 1.165) is 9.42 Å². The number of imidazole rings is 1. The van der Waals surface area contributed by atoms with Crippen LogP contribution in [0.2, 0.25) is 5.15 Å². The zero-order chi connectivity index (χ0) is 19.6. The molecule has 144 valence electrons. The Kier molecular flexibility index (Phi) is 3.74. The molecule has 0 aromatic carbocycles. The number of fused-ring (bicyclic) bond motifs is 1. The minimum absolute atomic E-state index is 0.0511. The molecule has 2 fully saturated rings. The second-order valence-corrected chi connectivity index (χ2v) is 6.73. The van der Waals surface area contributed by atoms with Crippen LogP contribution in [0.4, 0.5) is 28.0 Å². The van der Waals surface area contributed by atoms with Crippen LogP contribution in [0, 0.1) is 0 Å². The maximum absolute atomic E-state index is 14.0. The van der Waals surface area contributed by atoms with Gasteiger partial charge in [0.2, 0.25) is 11.6 Å². The highest BCUT2D eigenvalue weighted by molar-refractivity contribution is 6.29. The molecule has 2 aromatic heterocycles. The number of alkyl halides is 4. The molecule has 4 heterocycles. The van der Waals surface area contributed by atoms with Crippen molar-refractivity contribution in [3.05, 3.63) is 23.1 Å². The van der Waals surface area contributed by atoms with Crippen molar-refractivity contribution in [1.82, 2.24) is 25.2 Å². The topological polar surface area (TPSA) is 91.6 Å². The molecule has 2 aliphatic rings. The summed E-state index contributed by atoms with van der Waals surface area (Å²) in [6.45, 7) is -1.87. The van der Waals surface area contributed by atoms with Crippen molar-refractivity contribution in [2.24, 2.45) is 0 Å². The molecule has 0 radical (unpaired) electrons. The van der Waals surface area contributed by atoms with Crippen LogP contribution in [0.25, 0.3) is 5.65 Å². The van der Waals surface area contributed by atoms with Gasteiger partial charge in [0.15, 0.2) is 10.8 Å². The first-order valence-corrected chi connectivity index (χ1v) is 8.10. The van der Waals surface area contributed by atoms with Gasteiger partial charge in [-0.15, -0.1) is 0 Å². The molecule has 0 spiro atoms. The van der Waals surface area contributed by atoms with E-state index in [-0.39, 0.29) is 28.7 Å². The Bertz CT molecular complexity index is 955. The first-order chi connectivity index (χ1) is 12.6. The largest absolute Gasteiger partial charge is 0.426 e. The van der Waals surface area contributed by atoms with Gasteiger partial charge in [0.1, 0.15) is 0 Å². The summed E-state index contributed by atoms with van der Waals surface area (Å²) in [5.41, 5.74) is -2.87. The molecule has 0 saturated carbocycles. The number of amides is 3. The molecule has 1 atom stereocenters. The fourth-order valence-corrected chi connectivity index (χ4v) is 3.19. The third kappa shape index (κ3) is 2.74. The summed E-state index contributed by atoms with van der Waals surface area (Å²) < 4.78 is 53.5. The number of carbonyl (C=O) groups excluding carboxylic acids is 2. The second-order valence-electron chi connectivity index (χ2n) is 6.34. The number of rotatable bonds is 2. The number of nitrogens with zero attached hydrogens (tertiary/aromatic N) is 4. The number of anilines is 1. The molecule has 2 saturated heterocycles. The summed E-state index contributed by atoms with van der Waals surface area (Å²) in [5, 5.41) is 8.77. The van der Waals surface area contributed by atoms with Gasteiger partial charge in [0.05, 0.1) is 36.6 Å². The van der Waals surface area contributed by atoms with Gasteiger partial charge in [-0.05, 0) is 6.07 Å². The molecule has 3 amide bonds. The lowest BCUT2D eigenvalue weighted by Crippen LogP contribution is -2.66. The average molecular weight is 407 g/mol. The van der Waals surface area contributed by atoms with E-state index >= 15 is 0 Å². The number of aromatic nitrogens is 3. The Balaban J connectivity index is 1.73. The zero-order valence-electron chi connectivity index (χ0n) is 13.3. The molecule has 0 aliphatic carbocycles. The van der Waals surface area contributed by atoms with E-state index in [2.05, 4.69) is 20.7 Å². The molecule has 13 heteroatoms. The van der Waals surface area contributed by atoms with Gasteiger partial charge >= 0.3 is 12.2 Å². The summed E-state index contributed by atoms with van der Waals surface area (Å²) in [6, 6.07) is 0.699. The molecule has 2 aromatic rings. The van der Waals surface area contributed by atoms with E-state index in [1.54, 1.807) is 0 Å². The summed E-state index contributed by atoms with van der Waals surface area (Å²) in [6.07, 6.45) is -3.75. The van der Waals surface area contributed by atoms with E-state index in [1.807, 2.05) is 0 Å². The van der Waals surface area contributed by atoms with Crippen LogP contribution in [0.1, 0.15) is 11.6 Å². The van der Waals surface area contributed by atoms with Crippen LogP contribution >= 0.6 is 11.6 Å². The van der Waals surface area contributed by atoms with Crippen LogP contribution in [0.3, 0.4) is 0 Å². The number of urea groups is 1. The van der Waals surface area contributed by atoms with Crippen molar-refractivity contribution in [3.63, 3.8) is 0 Å².